The highest BCUT2D eigenvalue weighted by Gasteiger charge is 2.38. The van der Waals surface area contributed by atoms with Crippen molar-refractivity contribution in [2.75, 3.05) is 18.4 Å². The van der Waals surface area contributed by atoms with Crippen LogP contribution in [0.4, 0.5) is 18.9 Å². The third kappa shape index (κ3) is 9.60. The summed E-state index contributed by atoms with van der Waals surface area (Å²) >= 11 is 0. The molecule has 210 valence electrons. The van der Waals surface area contributed by atoms with Gasteiger partial charge in [-0.1, -0.05) is 49.6 Å². The third-order valence-electron chi connectivity index (χ3n) is 6.61. The number of aliphatic carboxylic acids is 1. The number of alkyl halides is 3. The summed E-state index contributed by atoms with van der Waals surface area (Å²) in [6.07, 6.45) is 1.96. The number of halogens is 3. The molecule has 1 aliphatic rings. The van der Waals surface area contributed by atoms with E-state index < -0.39 is 24.2 Å². The Hall–Kier alpha value is -3.18. The van der Waals surface area contributed by atoms with Gasteiger partial charge in [0.1, 0.15) is 6.04 Å². The number of rotatable bonds is 9. The molecule has 0 bridgehead atoms. The van der Waals surface area contributed by atoms with Gasteiger partial charge in [-0.2, -0.15) is 13.2 Å². The van der Waals surface area contributed by atoms with Gasteiger partial charge in [0, 0.05) is 12.2 Å². The van der Waals surface area contributed by atoms with E-state index in [0.29, 0.717) is 31.8 Å². The van der Waals surface area contributed by atoms with Gasteiger partial charge in [-0.25, -0.2) is 4.79 Å². The fourth-order valence-corrected chi connectivity index (χ4v) is 4.42. The van der Waals surface area contributed by atoms with Crippen molar-refractivity contribution in [3.63, 3.8) is 0 Å². The van der Waals surface area contributed by atoms with Crippen molar-refractivity contribution in [2.24, 2.45) is 17.4 Å². The van der Waals surface area contributed by atoms with Crippen molar-refractivity contribution in [1.29, 1.82) is 0 Å². The number of benzene rings is 2. The van der Waals surface area contributed by atoms with E-state index >= 15 is 0 Å². The molecule has 3 rings (SSSR count). The van der Waals surface area contributed by atoms with E-state index in [2.05, 4.69) is 5.32 Å². The highest BCUT2D eigenvalue weighted by Crippen LogP contribution is 2.26. The molecule has 0 aromatic heterocycles. The second-order valence-corrected chi connectivity index (χ2v) is 9.56. The van der Waals surface area contributed by atoms with Crippen LogP contribution in [0, 0.1) is 5.92 Å². The normalized spacial score (nSPS) is 15.6. The minimum atomic E-state index is -5.08. The number of nitrogens with zero attached hydrogens (tertiary/aromatic N) is 1. The average Bonchev–Trinajstić information content (AvgIpc) is 2.89. The number of anilines is 1. The summed E-state index contributed by atoms with van der Waals surface area (Å²) in [7, 11) is 0. The first-order valence-corrected chi connectivity index (χ1v) is 12.8. The highest BCUT2D eigenvalue weighted by atomic mass is 19.4. The predicted molar refractivity (Wildman–Crippen MR) is 140 cm³/mol. The van der Waals surface area contributed by atoms with Gasteiger partial charge in [-0.15, -0.1) is 0 Å². The summed E-state index contributed by atoms with van der Waals surface area (Å²) in [5.74, 6) is -2.67. The Morgan fingerprint density at radius 2 is 1.68 bits per heavy atom. The topological polar surface area (TPSA) is 139 Å². The fraction of sp³-hybridized carbons (Fsp3) is 0.519. The lowest BCUT2D eigenvalue weighted by molar-refractivity contribution is -0.192. The number of fused-ring (bicyclic) bond motifs is 1. The molecule has 38 heavy (non-hydrogen) atoms. The zero-order chi connectivity index (χ0) is 28.3. The maximum Gasteiger partial charge on any atom is 0.490 e. The lowest BCUT2D eigenvalue weighted by Crippen LogP contribution is -2.53. The van der Waals surface area contributed by atoms with E-state index in [1.54, 1.807) is 11.8 Å². The minimum absolute atomic E-state index is 0.153. The molecular formula is C27H37F3N4O4. The monoisotopic (exact) mass is 538 g/mol. The number of nitrogens with one attached hydrogen (secondary N) is 1. The van der Waals surface area contributed by atoms with Crippen molar-refractivity contribution in [3.8, 4) is 0 Å². The first-order valence-electron chi connectivity index (χ1n) is 12.8. The molecule has 0 aliphatic heterocycles. The van der Waals surface area contributed by atoms with E-state index in [1.807, 2.05) is 42.5 Å². The van der Waals surface area contributed by atoms with Gasteiger partial charge >= 0.3 is 12.1 Å². The molecule has 0 spiro atoms. The second kappa shape index (κ2) is 14.7. The number of carbonyl (C=O) groups is 3. The van der Waals surface area contributed by atoms with Gasteiger partial charge in [0.25, 0.3) is 0 Å². The summed E-state index contributed by atoms with van der Waals surface area (Å²) in [4.78, 5) is 36.9. The molecule has 0 heterocycles. The van der Waals surface area contributed by atoms with Crippen LogP contribution in [0.25, 0.3) is 10.8 Å². The summed E-state index contributed by atoms with van der Waals surface area (Å²) in [6, 6.07) is 12.7. The third-order valence-corrected chi connectivity index (χ3v) is 6.61. The van der Waals surface area contributed by atoms with E-state index in [1.165, 1.54) is 19.3 Å². The Balaban J connectivity index is 0.000000638. The quantitative estimate of drug-likeness (QED) is 0.376. The molecule has 0 radical (unpaired) electrons. The second-order valence-electron chi connectivity index (χ2n) is 9.56. The summed E-state index contributed by atoms with van der Waals surface area (Å²) in [6.45, 7) is 2.88. The van der Waals surface area contributed by atoms with Gasteiger partial charge in [-0.05, 0) is 68.0 Å². The van der Waals surface area contributed by atoms with Crippen molar-refractivity contribution >= 4 is 34.2 Å². The van der Waals surface area contributed by atoms with Gasteiger partial charge < -0.3 is 26.8 Å². The van der Waals surface area contributed by atoms with Gasteiger partial charge in [0.15, 0.2) is 0 Å². The first-order chi connectivity index (χ1) is 17.9. The van der Waals surface area contributed by atoms with E-state index in [0.717, 1.165) is 29.3 Å². The van der Waals surface area contributed by atoms with Crippen LogP contribution in [0.1, 0.15) is 51.9 Å². The molecule has 11 heteroatoms. The van der Waals surface area contributed by atoms with Crippen LogP contribution < -0.4 is 16.8 Å². The molecule has 6 N–H and O–H groups in total. The zero-order valence-corrected chi connectivity index (χ0v) is 21.5. The first kappa shape index (κ1) is 31.0. The molecule has 8 nitrogen and oxygen atoms in total. The lowest BCUT2D eigenvalue weighted by Gasteiger charge is -2.35. The average molecular weight is 539 g/mol. The number of hydrogen-bond donors (Lipinski definition) is 4. The Morgan fingerprint density at radius 3 is 2.26 bits per heavy atom. The Bertz CT molecular complexity index is 1070. The number of carboxylic acids is 1. The number of hydrogen-bond acceptors (Lipinski definition) is 5. The molecule has 2 atom stereocenters. The molecule has 2 aromatic rings. The Labute approximate surface area is 220 Å². The van der Waals surface area contributed by atoms with Crippen molar-refractivity contribution in [2.45, 2.75) is 70.1 Å². The van der Waals surface area contributed by atoms with Crippen LogP contribution in [-0.4, -0.2) is 59.1 Å². The highest BCUT2D eigenvalue weighted by molar-refractivity contribution is 5.99. The smallest absolute Gasteiger partial charge is 0.475 e. The Morgan fingerprint density at radius 1 is 1.08 bits per heavy atom. The molecular weight excluding hydrogens is 501 g/mol. The van der Waals surface area contributed by atoms with Crippen molar-refractivity contribution in [1.82, 2.24) is 4.90 Å². The fourth-order valence-electron chi connectivity index (χ4n) is 4.42. The van der Waals surface area contributed by atoms with Gasteiger partial charge in [0.05, 0.1) is 6.04 Å². The maximum absolute atomic E-state index is 13.2. The lowest BCUT2D eigenvalue weighted by atomic mass is 9.88. The standard InChI is InChI=1S/C25H36N4O2.C2HF3O2/c1-18(24(30)28-22-14-13-20-10-5-6-11-21(20)16-22)29(17-19-8-3-2-4-9-19)25(31)23(27)12-7-15-26;3-2(4,5)1(6)7/h5-6,10-11,13-14,16,18-19,23H,2-4,7-9,12,15,17,26-27H2,1H3,(H,28,30);(H,6,7)/t18-,23+;/m0./s1. The largest absolute Gasteiger partial charge is 0.490 e. The minimum Gasteiger partial charge on any atom is -0.475 e. The molecule has 1 saturated carbocycles. The van der Waals surface area contributed by atoms with Crippen LogP contribution in [0.5, 0.6) is 0 Å². The number of carboxylic acid groups (broad SMARTS) is 1. The van der Waals surface area contributed by atoms with Gasteiger partial charge in [-0.3, -0.25) is 9.59 Å². The summed E-state index contributed by atoms with van der Waals surface area (Å²) < 4.78 is 31.7. The maximum atomic E-state index is 13.2. The van der Waals surface area contributed by atoms with Crippen LogP contribution in [0.2, 0.25) is 0 Å². The van der Waals surface area contributed by atoms with Crippen molar-refractivity contribution in [3.05, 3.63) is 42.5 Å². The predicted octanol–water partition coefficient (Wildman–Crippen LogP) is 4.28. The van der Waals surface area contributed by atoms with E-state index in [9.17, 15) is 22.8 Å². The summed E-state index contributed by atoms with van der Waals surface area (Å²) in [5.41, 5.74) is 12.5. The van der Waals surface area contributed by atoms with Crippen molar-refractivity contribution < 1.29 is 32.7 Å². The molecule has 0 unspecified atom stereocenters. The van der Waals surface area contributed by atoms with Crippen LogP contribution in [-0.2, 0) is 14.4 Å². The Kier molecular flexibility index (Phi) is 12.0. The van der Waals surface area contributed by atoms with E-state index in [-0.39, 0.29) is 11.8 Å². The van der Waals surface area contributed by atoms with Crippen LogP contribution in [0.3, 0.4) is 0 Å². The molecule has 1 fully saturated rings. The number of carbonyl (C=O) groups excluding carboxylic acids is 2. The molecule has 0 saturated heterocycles. The van der Waals surface area contributed by atoms with Crippen LogP contribution >= 0.6 is 0 Å². The molecule has 2 amide bonds. The molecule has 2 aromatic carbocycles. The SMILES string of the molecule is C[C@@H](C(=O)Nc1ccc2ccccc2c1)N(CC1CCCCC1)C(=O)[C@H](N)CCCN.O=C(O)C(F)(F)F. The number of nitrogens with two attached hydrogens (primary N) is 2. The van der Waals surface area contributed by atoms with Gasteiger partial charge in [0.2, 0.25) is 11.8 Å². The summed E-state index contributed by atoms with van der Waals surface area (Å²) in [5, 5.41) is 12.3. The van der Waals surface area contributed by atoms with E-state index in [4.69, 9.17) is 21.4 Å². The molecule has 1 aliphatic carbocycles. The van der Waals surface area contributed by atoms with Crippen LogP contribution in [0.15, 0.2) is 42.5 Å². The zero-order valence-electron chi connectivity index (χ0n) is 21.5. The number of amides is 2.